The molecule has 22 heavy (non-hydrogen) atoms. The number of carbonyl (C=O) groups is 2. The average Bonchev–Trinajstić information content (AvgIpc) is 2.89. The lowest BCUT2D eigenvalue weighted by Gasteiger charge is -2.10. The van der Waals surface area contributed by atoms with Crippen LogP contribution in [0.25, 0.3) is 11.4 Å². The standard InChI is InChI=1S/C13H15N5O3S/c1-8(11(19)15-13(20)21-3)22-12-17-16-10(18(12)2)9-4-6-14-7-5-9/h4-8H,1-3H3,(H,15,19,20)/t8-/m0/s1. The summed E-state index contributed by atoms with van der Waals surface area (Å²) in [4.78, 5) is 26.8. The molecule has 0 saturated carbocycles. The molecule has 0 radical (unpaired) electrons. The molecule has 0 spiro atoms. The van der Waals surface area contributed by atoms with Gasteiger partial charge < -0.3 is 9.30 Å². The molecule has 0 fully saturated rings. The Morgan fingerprint density at radius 3 is 2.64 bits per heavy atom. The fourth-order valence-electron chi connectivity index (χ4n) is 1.63. The first-order valence-corrected chi connectivity index (χ1v) is 7.26. The molecule has 0 saturated heterocycles. The van der Waals surface area contributed by atoms with Gasteiger partial charge in [-0.3, -0.25) is 15.1 Å². The van der Waals surface area contributed by atoms with E-state index in [2.05, 4.69) is 25.2 Å². The molecule has 0 aliphatic rings. The first-order valence-electron chi connectivity index (χ1n) is 6.38. The highest BCUT2D eigenvalue weighted by Crippen LogP contribution is 2.25. The summed E-state index contributed by atoms with van der Waals surface area (Å²) in [7, 11) is 3.01. The van der Waals surface area contributed by atoms with Gasteiger partial charge in [-0.25, -0.2) is 4.79 Å². The van der Waals surface area contributed by atoms with Crippen molar-refractivity contribution in [3.63, 3.8) is 0 Å². The van der Waals surface area contributed by atoms with Gasteiger partial charge >= 0.3 is 6.09 Å². The Labute approximate surface area is 131 Å². The Morgan fingerprint density at radius 1 is 1.32 bits per heavy atom. The Kier molecular flexibility index (Phi) is 5.10. The fraction of sp³-hybridized carbons (Fsp3) is 0.308. The molecule has 0 unspecified atom stereocenters. The monoisotopic (exact) mass is 321 g/mol. The Hall–Kier alpha value is -2.42. The first kappa shape index (κ1) is 16.0. The van der Waals surface area contributed by atoms with E-state index < -0.39 is 17.3 Å². The summed E-state index contributed by atoms with van der Waals surface area (Å²) in [6.45, 7) is 1.67. The molecule has 2 aromatic heterocycles. The summed E-state index contributed by atoms with van der Waals surface area (Å²) in [6, 6.07) is 3.65. The molecule has 2 amide bonds. The van der Waals surface area contributed by atoms with Crippen LogP contribution in [0.3, 0.4) is 0 Å². The maximum atomic E-state index is 11.8. The van der Waals surface area contributed by atoms with Crippen LogP contribution >= 0.6 is 11.8 Å². The molecular formula is C13H15N5O3S. The maximum Gasteiger partial charge on any atom is 0.413 e. The number of pyridine rings is 1. The number of nitrogens with one attached hydrogen (secondary N) is 1. The van der Waals surface area contributed by atoms with E-state index in [1.165, 1.54) is 18.9 Å². The minimum absolute atomic E-state index is 0.453. The normalized spacial score (nSPS) is 11.8. The van der Waals surface area contributed by atoms with Crippen molar-refractivity contribution in [2.24, 2.45) is 7.05 Å². The number of nitrogens with zero attached hydrogens (tertiary/aromatic N) is 4. The van der Waals surface area contributed by atoms with E-state index in [4.69, 9.17) is 0 Å². The molecule has 2 rings (SSSR count). The number of hydrogen-bond donors (Lipinski definition) is 1. The predicted octanol–water partition coefficient (Wildman–Crippen LogP) is 1.24. The third-order valence-corrected chi connectivity index (χ3v) is 3.97. The van der Waals surface area contributed by atoms with E-state index in [1.54, 1.807) is 23.9 Å². The number of thioether (sulfide) groups is 1. The zero-order valence-corrected chi connectivity index (χ0v) is 13.1. The Morgan fingerprint density at radius 2 is 2.00 bits per heavy atom. The molecule has 0 bridgehead atoms. The fourth-order valence-corrected chi connectivity index (χ4v) is 2.45. The van der Waals surface area contributed by atoms with Crippen molar-refractivity contribution in [3.8, 4) is 11.4 Å². The van der Waals surface area contributed by atoms with Crippen molar-refractivity contribution in [2.75, 3.05) is 7.11 Å². The topological polar surface area (TPSA) is 99.0 Å². The Balaban J connectivity index is 2.10. The summed E-state index contributed by atoms with van der Waals surface area (Å²) in [5.74, 6) is 0.218. The van der Waals surface area contributed by atoms with E-state index >= 15 is 0 Å². The third kappa shape index (κ3) is 3.61. The number of amides is 2. The van der Waals surface area contributed by atoms with E-state index in [9.17, 15) is 9.59 Å². The van der Waals surface area contributed by atoms with Gasteiger partial charge in [-0.15, -0.1) is 10.2 Å². The molecule has 9 heteroatoms. The molecule has 116 valence electrons. The van der Waals surface area contributed by atoms with E-state index in [1.807, 2.05) is 19.2 Å². The van der Waals surface area contributed by atoms with Gasteiger partial charge in [-0.05, 0) is 19.1 Å². The van der Waals surface area contributed by atoms with Crippen LogP contribution in [0.1, 0.15) is 6.92 Å². The van der Waals surface area contributed by atoms with E-state index in [-0.39, 0.29) is 0 Å². The number of methoxy groups -OCH3 is 1. The molecule has 0 aromatic carbocycles. The van der Waals surface area contributed by atoms with Crippen LogP contribution in [-0.4, -0.2) is 44.1 Å². The quantitative estimate of drug-likeness (QED) is 0.846. The largest absolute Gasteiger partial charge is 0.453 e. The summed E-state index contributed by atoms with van der Waals surface area (Å²) in [5, 5.41) is 10.4. The Bertz CT molecular complexity index is 674. The highest BCUT2D eigenvalue weighted by atomic mass is 32.2. The van der Waals surface area contributed by atoms with Gasteiger partial charge in [-0.2, -0.15) is 0 Å². The van der Waals surface area contributed by atoms with Crippen LogP contribution < -0.4 is 5.32 Å². The van der Waals surface area contributed by atoms with Crippen molar-refractivity contribution in [3.05, 3.63) is 24.5 Å². The highest BCUT2D eigenvalue weighted by Gasteiger charge is 2.21. The van der Waals surface area contributed by atoms with Gasteiger partial charge in [0.15, 0.2) is 11.0 Å². The van der Waals surface area contributed by atoms with Crippen LogP contribution in [0.5, 0.6) is 0 Å². The number of aromatic nitrogens is 4. The number of carbonyl (C=O) groups excluding carboxylic acids is 2. The second kappa shape index (κ2) is 7.03. The van der Waals surface area contributed by atoms with Crippen molar-refractivity contribution in [1.82, 2.24) is 25.1 Å². The second-order valence-electron chi connectivity index (χ2n) is 4.34. The number of ether oxygens (including phenoxy) is 1. The average molecular weight is 321 g/mol. The predicted molar refractivity (Wildman–Crippen MR) is 80.1 cm³/mol. The smallest absolute Gasteiger partial charge is 0.413 e. The number of imide groups is 1. The van der Waals surface area contributed by atoms with Crippen LogP contribution in [0.2, 0.25) is 0 Å². The number of hydrogen-bond acceptors (Lipinski definition) is 7. The molecule has 1 atom stereocenters. The summed E-state index contributed by atoms with van der Waals surface area (Å²) in [6.07, 6.45) is 2.56. The molecular weight excluding hydrogens is 306 g/mol. The molecule has 1 N–H and O–H groups in total. The third-order valence-electron chi connectivity index (χ3n) is 2.84. The molecule has 0 aliphatic carbocycles. The summed E-state index contributed by atoms with van der Waals surface area (Å²) >= 11 is 1.20. The van der Waals surface area contributed by atoms with Crippen LogP contribution in [0.15, 0.2) is 29.7 Å². The van der Waals surface area contributed by atoms with Crippen molar-refractivity contribution >= 4 is 23.8 Å². The van der Waals surface area contributed by atoms with Crippen LogP contribution in [-0.2, 0) is 16.6 Å². The molecule has 8 nitrogen and oxygen atoms in total. The van der Waals surface area contributed by atoms with Gasteiger partial charge in [0.05, 0.1) is 12.4 Å². The van der Waals surface area contributed by atoms with Gasteiger partial charge in [0, 0.05) is 25.0 Å². The van der Waals surface area contributed by atoms with Crippen molar-refractivity contribution < 1.29 is 14.3 Å². The lowest BCUT2D eigenvalue weighted by molar-refractivity contribution is -0.119. The van der Waals surface area contributed by atoms with E-state index in [0.717, 1.165) is 5.56 Å². The van der Waals surface area contributed by atoms with Gasteiger partial charge in [0.2, 0.25) is 5.91 Å². The van der Waals surface area contributed by atoms with Crippen molar-refractivity contribution in [1.29, 1.82) is 0 Å². The SMILES string of the molecule is COC(=O)NC(=O)[C@H](C)Sc1nnc(-c2ccncc2)n1C. The van der Waals surface area contributed by atoms with Gasteiger partial charge in [0.25, 0.3) is 0 Å². The van der Waals surface area contributed by atoms with Crippen LogP contribution in [0.4, 0.5) is 4.79 Å². The first-order chi connectivity index (χ1) is 10.5. The van der Waals surface area contributed by atoms with Crippen molar-refractivity contribution in [2.45, 2.75) is 17.3 Å². The number of rotatable bonds is 4. The lowest BCUT2D eigenvalue weighted by Crippen LogP contribution is -2.35. The van der Waals surface area contributed by atoms with E-state index in [0.29, 0.717) is 11.0 Å². The molecule has 2 aromatic rings. The molecule has 2 heterocycles. The lowest BCUT2D eigenvalue weighted by atomic mass is 10.2. The van der Waals surface area contributed by atoms with Crippen LogP contribution in [0, 0.1) is 0 Å². The maximum absolute atomic E-state index is 11.8. The number of alkyl carbamates (subject to hydrolysis) is 1. The highest BCUT2D eigenvalue weighted by molar-refractivity contribution is 8.00. The minimum atomic E-state index is -0.784. The minimum Gasteiger partial charge on any atom is -0.453 e. The second-order valence-corrected chi connectivity index (χ2v) is 5.65. The zero-order valence-electron chi connectivity index (χ0n) is 12.3. The molecule has 0 aliphatic heterocycles. The zero-order chi connectivity index (χ0) is 16.1. The van der Waals surface area contributed by atoms with Gasteiger partial charge in [-0.1, -0.05) is 11.8 Å². The van der Waals surface area contributed by atoms with Gasteiger partial charge in [0.1, 0.15) is 0 Å². The summed E-state index contributed by atoms with van der Waals surface area (Å²) < 4.78 is 6.17. The summed E-state index contributed by atoms with van der Waals surface area (Å²) in [5.41, 5.74) is 0.878.